The third-order valence-electron chi connectivity index (χ3n) is 6.98. The van der Waals surface area contributed by atoms with Crippen LogP contribution in [0.3, 0.4) is 0 Å². The average molecular weight is 596 g/mol. The maximum Gasteiger partial charge on any atom is 0.349 e. The third kappa shape index (κ3) is 8.47. The van der Waals surface area contributed by atoms with Gasteiger partial charge in [0.15, 0.2) is 5.60 Å². The highest BCUT2D eigenvalue weighted by Crippen LogP contribution is 2.25. The van der Waals surface area contributed by atoms with Crippen molar-refractivity contribution in [2.75, 3.05) is 13.2 Å². The van der Waals surface area contributed by atoms with Crippen LogP contribution in [0.1, 0.15) is 43.1 Å². The third-order valence-corrected chi connectivity index (χ3v) is 6.98. The fourth-order valence-electron chi connectivity index (χ4n) is 4.65. The lowest BCUT2D eigenvalue weighted by Crippen LogP contribution is -2.45. The van der Waals surface area contributed by atoms with Crippen molar-refractivity contribution < 1.29 is 33.7 Å². The first-order valence-corrected chi connectivity index (χ1v) is 14.5. The molecular formula is C36H37NO7. The summed E-state index contributed by atoms with van der Waals surface area (Å²) >= 11 is 0. The van der Waals surface area contributed by atoms with E-state index in [9.17, 15) is 19.5 Å². The molecule has 4 rings (SSSR count). The molecule has 0 bridgehead atoms. The summed E-state index contributed by atoms with van der Waals surface area (Å²) in [4.78, 5) is 39.8. The summed E-state index contributed by atoms with van der Waals surface area (Å²) in [6.45, 7) is 5.42. The van der Waals surface area contributed by atoms with Gasteiger partial charge in [-0.25, -0.2) is 9.59 Å². The zero-order valence-electron chi connectivity index (χ0n) is 25.1. The van der Waals surface area contributed by atoms with Crippen LogP contribution in [0.5, 0.6) is 11.5 Å². The number of hydrogen-bond acceptors (Lipinski definition) is 6. The van der Waals surface area contributed by atoms with Crippen molar-refractivity contribution in [1.29, 1.82) is 0 Å². The fourth-order valence-corrected chi connectivity index (χ4v) is 4.65. The van der Waals surface area contributed by atoms with Crippen molar-refractivity contribution in [3.8, 4) is 22.6 Å². The number of amides is 1. The van der Waals surface area contributed by atoms with Crippen molar-refractivity contribution in [2.24, 2.45) is 0 Å². The van der Waals surface area contributed by atoms with Crippen molar-refractivity contribution in [3.63, 3.8) is 0 Å². The number of aliphatic carboxylic acids is 1. The van der Waals surface area contributed by atoms with E-state index in [1.54, 1.807) is 57.2 Å². The minimum absolute atomic E-state index is 0.0526. The Morgan fingerprint density at radius 2 is 1.34 bits per heavy atom. The summed E-state index contributed by atoms with van der Waals surface area (Å²) in [6.07, 6.45) is 0.0597. The van der Waals surface area contributed by atoms with Gasteiger partial charge in [0.05, 0.1) is 13.2 Å². The standard InChI is InChI=1S/C36H37NO7/c1-4-42-35(41)36(2,3)44-31-21-19-30(20-22-31)43-24-23-32(34(39)40)37(25-26-11-7-5-8-12-26)33(38)29-17-15-28(16-18-29)27-13-9-6-10-14-27/h5-22,32H,4,23-25H2,1-3H3,(H,39,40). The number of esters is 1. The topological polar surface area (TPSA) is 102 Å². The molecule has 0 saturated heterocycles. The van der Waals surface area contributed by atoms with E-state index >= 15 is 0 Å². The Morgan fingerprint density at radius 3 is 1.93 bits per heavy atom. The van der Waals surface area contributed by atoms with Gasteiger partial charge in [-0.1, -0.05) is 72.8 Å². The van der Waals surface area contributed by atoms with E-state index < -0.39 is 23.6 Å². The SMILES string of the molecule is CCOC(=O)C(C)(C)Oc1ccc(OCCC(C(=O)O)N(Cc2ccccc2)C(=O)c2ccc(-c3ccccc3)cc2)cc1. The average Bonchev–Trinajstić information content (AvgIpc) is 3.03. The Hall–Kier alpha value is -5.11. The van der Waals surface area contributed by atoms with Gasteiger partial charge in [0.1, 0.15) is 17.5 Å². The van der Waals surface area contributed by atoms with Crippen LogP contribution in [0.25, 0.3) is 11.1 Å². The van der Waals surface area contributed by atoms with Crippen LogP contribution in [0, 0.1) is 0 Å². The molecule has 228 valence electrons. The monoisotopic (exact) mass is 595 g/mol. The van der Waals surface area contributed by atoms with E-state index in [0.29, 0.717) is 17.1 Å². The number of hydrogen-bond donors (Lipinski definition) is 1. The molecule has 0 aromatic heterocycles. The second-order valence-corrected chi connectivity index (χ2v) is 10.7. The number of carboxylic acids is 1. The Balaban J connectivity index is 1.46. The number of rotatable bonds is 14. The quantitative estimate of drug-likeness (QED) is 0.163. The van der Waals surface area contributed by atoms with Gasteiger partial charge in [0, 0.05) is 18.5 Å². The molecule has 0 aliphatic heterocycles. The predicted molar refractivity (Wildman–Crippen MR) is 168 cm³/mol. The predicted octanol–water partition coefficient (Wildman–Crippen LogP) is 6.64. The van der Waals surface area contributed by atoms with Crippen LogP contribution in [-0.2, 0) is 20.9 Å². The fraction of sp³-hybridized carbons (Fsp3) is 0.250. The molecule has 0 aliphatic carbocycles. The molecule has 0 radical (unpaired) electrons. The second kappa shape index (κ2) is 14.9. The van der Waals surface area contributed by atoms with Crippen molar-refractivity contribution in [1.82, 2.24) is 4.90 Å². The first-order chi connectivity index (χ1) is 21.2. The number of ether oxygens (including phenoxy) is 3. The van der Waals surface area contributed by atoms with E-state index in [1.807, 2.05) is 72.8 Å². The lowest BCUT2D eigenvalue weighted by atomic mass is 10.0. The van der Waals surface area contributed by atoms with Gasteiger partial charge in [0.25, 0.3) is 5.91 Å². The van der Waals surface area contributed by atoms with Gasteiger partial charge in [-0.2, -0.15) is 0 Å². The molecule has 8 heteroatoms. The zero-order chi connectivity index (χ0) is 31.5. The zero-order valence-corrected chi connectivity index (χ0v) is 25.1. The highest BCUT2D eigenvalue weighted by molar-refractivity contribution is 5.97. The van der Waals surface area contributed by atoms with Crippen LogP contribution in [0.15, 0.2) is 109 Å². The Bertz CT molecular complexity index is 1520. The van der Waals surface area contributed by atoms with Gasteiger partial charge >= 0.3 is 11.9 Å². The van der Waals surface area contributed by atoms with Crippen LogP contribution in [0.2, 0.25) is 0 Å². The molecule has 0 saturated carbocycles. The minimum atomic E-state index is -1.16. The molecule has 4 aromatic rings. The Kier molecular flexibility index (Phi) is 10.8. The molecular weight excluding hydrogens is 558 g/mol. The summed E-state index contributed by atoms with van der Waals surface area (Å²) in [5.41, 5.74) is 2.03. The molecule has 0 aliphatic rings. The van der Waals surface area contributed by atoms with Gasteiger partial charge in [-0.15, -0.1) is 0 Å². The van der Waals surface area contributed by atoms with E-state index in [4.69, 9.17) is 14.2 Å². The van der Waals surface area contributed by atoms with E-state index in [0.717, 1.165) is 16.7 Å². The van der Waals surface area contributed by atoms with E-state index in [2.05, 4.69) is 0 Å². The Morgan fingerprint density at radius 1 is 0.773 bits per heavy atom. The van der Waals surface area contributed by atoms with Crippen LogP contribution in [-0.4, -0.2) is 52.7 Å². The maximum atomic E-state index is 13.8. The maximum absolute atomic E-state index is 13.8. The van der Waals surface area contributed by atoms with Crippen LogP contribution < -0.4 is 9.47 Å². The van der Waals surface area contributed by atoms with Crippen LogP contribution in [0.4, 0.5) is 0 Å². The molecule has 0 fully saturated rings. The molecule has 1 N–H and O–H groups in total. The molecule has 1 unspecified atom stereocenters. The van der Waals surface area contributed by atoms with E-state index in [-0.39, 0.29) is 32.1 Å². The first kappa shape index (κ1) is 31.8. The highest BCUT2D eigenvalue weighted by atomic mass is 16.6. The highest BCUT2D eigenvalue weighted by Gasteiger charge is 2.32. The summed E-state index contributed by atoms with van der Waals surface area (Å²) in [5, 5.41) is 10.2. The molecule has 0 spiro atoms. The largest absolute Gasteiger partial charge is 0.493 e. The van der Waals surface area contributed by atoms with Crippen LogP contribution >= 0.6 is 0 Å². The number of carbonyl (C=O) groups is 3. The number of carbonyl (C=O) groups excluding carboxylic acids is 2. The van der Waals surface area contributed by atoms with Crippen molar-refractivity contribution in [2.45, 2.75) is 45.4 Å². The summed E-state index contributed by atoms with van der Waals surface area (Å²) in [7, 11) is 0. The first-order valence-electron chi connectivity index (χ1n) is 14.5. The summed E-state index contributed by atoms with van der Waals surface area (Å²) in [6, 6.07) is 31.8. The van der Waals surface area contributed by atoms with Gasteiger partial charge in [-0.3, -0.25) is 4.79 Å². The normalized spacial score (nSPS) is 11.7. The molecule has 1 atom stereocenters. The second-order valence-electron chi connectivity index (χ2n) is 10.7. The number of benzene rings is 4. The van der Waals surface area contributed by atoms with Crippen molar-refractivity contribution in [3.05, 3.63) is 120 Å². The number of carboxylic acid groups (broad SMARTS) is 1. The lowest BCUT2D eigenvalue weighted by molar-refractivity contribution is -0.158. The van der Waals surface area contributed by atoms with E-state index in [1.165, 1.54) is 4.90 Å². The molecule has 44 heavy (non-hydrogen) atoms. The molecule has 4 aromatic carbocycles. The Labute approximate surface area is 257 Å². The smallest absolute Gasteiger partial charge is 0.349 e. The lowest BCUT2D eigenvalue weighted by Gasteiger charge is -2.29. The number of nitrogens with zero attached hydrogens (tertiary/aromatic N) is 1. The molecule has 1 amide bonds. The van der Waals surface area contributed by atoms with Gasteiger partial charge < -0.3 is 24.2 Å². The molecule has 0 heterocycles. The van der Waals surface area contributed by atoms with Crippen molar-refractivity contribution >= 4 is 17.8 Å². The summed E-state index contributed by atoms with van der Waals surface area (Å²) < 4.78 is 16.7. The van der Waals surface area contributed by atoms with Gasteiger partial charge in [-0.05, 0) is 73.9 Å². The molecule has 8 nitrogen and oxygen atoms in total. The minimum Gasteiger partial charge on any atom is -0.493 e. The van der Waals surface area contributed by atoms with Gasteiger partial charge in [0.2, 0.25) is 0 Å². The summed E-state index contributed by atoms with van der Waals surface area (Å²) in [5.74, 6) is -1.03.